The minimum atomic E-state index is -0.0508. The van der Waals surface area contributed by atoms with E-state index in [-0.39, 0.29) is 5.97 Å². The first-order valence-corrected chi connectivity index (χ1v) is 15.6. The number of carbonyl (C=O) groups excluding carboxylic acids is 1. The lowest BCUT2D eigenvalue weighted by atomic mass is 9.44. The zero-order chi connectivity index (χ0) is 21.5. The van der Waals surface area contributed by atoms with Crippen LogP contribution in [0.4, 0.5) is 0 Å². The molecule has 0 radical (unpaired) electrons. The van der Waals surface area contributed by atoms with Crippen molar-refractivity contribution in [1.82, 2.24) is 0 Å². The van der Waals surface area contributed by atoms with Crippen molar-refractivity contribution in [2.75, 3.05) is 7.11 Å². The lowest BCUT2D eigenvalue weighted by Crippen LogP contribution is -2.57. The third-order valence-electron chi connectivity index (χ3n) is 10.5. The minimum absolute atomic E-state index is 0.0508. The van der Waals surface area contributed by atoms with Gasteiger partial charge in [0, 0.05) is 27.6 Å². The van der Waals surface area contributed by atoms with Gasteiger partial charge >= 0.3 is 5.97 Å². The van der Waals surface area contributed by atoms with Gasteiger partial charge in [-0.1, -0.05) is 33.6 Å². The van der Waals surface area contributed by atoms with Gasteiger partial charge in [-0.05, 0) is 97.7 Å². The summed E-state index contributed by atoms with van der Waals surface area (Å²) >= 11 is 2.33. The van der Waals surface area contributed by atoms with Crippen LogP contribution in [0.3, 0.4) is 0 Å². The Morgan fingerprint density at radius 1 is 1.07 bits per heavy atom. The van der Waals surface area contributed by atoms with Gasteiger partial charge in [-0.25, -0.2) is 0 Å². The molecule has 0 heterocycles. The van der Waals surface area contributed by atoms with Crippen molar-refractivity contribution in [3.05, 3.63) is 0 Å². The van der Waals surface area contributed by atoms with E-state index in [1.165, 1.54) is 64.9 Å². The maximum absolute atomic E-state index is 11.7. The number of rotatable bonds is 6. The number of ether oxygens (including phenoxy) is 1. The standard InChI is InChI=1S/C25H41IO3S/c1-16(8-11-23(27)28-4)18-9-10-19-17-15-22(29-30-26)21-7-5-6-13-24(21,2)20(17)12-14-25(18,19)3/h16-22H,5-15H2,1-4H3/t16-,17+,18-,19?,20+,21+,22+,24-,25-/m1/s1. The van der Waals surface area contributed by atoms with Crippen LogP contribution < -0.4 is 0 Å². The molecule has 5 heteroatoms. The molecule has 4 saturated carbocycles. The molecule has 0 N–H and O–H groups in total. The highest BCUT2D eigenvalue weighted by molar-refractivity contribution is 14.2. The molecule has 0 aliphatic heterocycles. The molecule has 30 heavy (non-hydrogen) atoms. The molecule has 9 atom stereocenters. The van der Waals surface area contributed by atoms with E-state index in [9.17, 15) is 4.79 Å². The second-order valence-corrected chi connectivity index (χ2v) is 12.9. The highest BCUT2D eigenvalue weighted by Gasteiger charge is 2.62. The second-order valence-electron chi connectivity index (χ2n) is 11.5. The monoisotopic (exact) mass is 548 g/mol. The molecule has 0 aromatic heterocycles. The number of fused-ring (bicyclic) bond motifs is 5. The topological polar surface area (TPSA) is 35.5 Å². The van der Waals surface area contributed by atoms with E-state index in [0.29, 0.717) is 29.3 Å². The normalized spacial score (nSPS) is 46.4. The predicted octanol–water partition coefficient (Wildman–Crippen LogP) is 7.62. The summed E-state index contributed by atoms with van der Waals surface area (Å²) in [6.45, 7) is 7.64. The molecule has 3 nitrogen and oxygen atoms in total. The number of hydrogen-bond donors (Lipinski definition) is 0. The van der Waals surface area contributed by atoms with Crippen molar-refractivity contribution in [1.29, 1.82) is 0 Å². The Hall–Kier alpha value is 0.510. The Morgan fingerprint density at radius 3 is 2.57 bits per heavy atom. The van der Waals surface area contributed by atoms with Gasteiger partial charge in [-0.15, -0.1) is 0 Å². The van der Waals surface area contributed by atoms with Gasteiger partial charge in [0.15, 0.2) is 0 Å². The summed E-state index contributed by atoms with van der Waals surface area (Å²) in [7, 11) is 3.08. The third-order valence-corrected chi connectivity index (χ3v) is 11.5. The van der Waals surface area contributed by atoms with Gasteiger partial charge < -0.3 is 8.92 Å². The molecular formula is C25H41IO3S. The van der Waals surface area contributed by atoms with Crippen LogP contribution in [0, 0.1) is 46.3 Å². The Kier molecular flexibility index (Phi) is 7.42. The quantitative estimate of drug-likeness (QED) is 0.194. The van der Waals surface area contributed by atoms with Gasteiger partial charge in [-0.2, -0.15) is 0 Å². The molecule has 0 amide bonds. The van der Waals surface area contributed by atoms with E-state index in [0.717, 1.165) is 36.0 Å². The zero-order valence-electron chi connectivity index (χ0n) is 19.3. The summed E-state index contributed by atoms with van der Waals surface area (Å²) < 4.78 is 11.3. The fourth-order valence-corrected chi connectivity index (χ4v) is 10.2. The maximum Gasteiger partial charge on any atom is 0.305 e. The molecule has 0 bridgehead atoms. The highest BCUT2D eigenvalue weighted by Crippen LogP contribution is 2.68. The Labute approximate surface area is 200 Å². The molecule has 172 valence electrons. The molecule has 1 unspecified atom stereocenters. The van der Waals surface area contributed by atoms with Crippen LogP contribution in [0.2, 0.25) is 0 Å². The molecule has 4 rings (SSSR count). The molecule has 0 saturated heterocycles. The van der Waals surface area contributed by atoms with Crippen molar-refractivity contribution in [2.45, 2.75) is 97.5 Å². The van der Waals surface area contributed by atoms with Crippen molar-refractivity contribution in [3.8, 4) is 0 Å². The first kappa shape index (κ1) is 23.7. The van der Waals surface area contributed by atoms with Crippen molar-refractivity contribution >= 4 is 36.4 Å². The van der Waals surface area contributed by atoms with E-state index in [1.54, 1.807) is 9.21 Å². The van der Waals surface area contributed by atoms with Crippen LogP contribution in [-0.2, 0) is 13.7 Å². The first-order chi connectivity index (χ1) is 14.3. The maximum atomic E-state index is 11.7. The minimum Gasteiger partial charge on any atom is -0.469 e. The van der Waals surface area contributed by atoms with Crippen molar-refractivity contribution < 1.29 is 13.7 Å². The fourth-order valence-electron chi connectivity index (χ4n) is 9.10. The van der Waals surface area contributed by atoms with E-state index in [4.69, 9.17) is 8.92 Å². The Morgan fingerprint density at radius 2 is 1.83 bits per heavy atom. The van der Waals surface area contributed by atoms with E-state index >= 15 is 0 Å². The number of esters is 1. The summed E-state index contributed by atoms with van der Waals surface area (Å²) in [5.74, 6) is 4.63. The van der Waals surface area contributed by atoms with Gasteiger partial charge in [0.25, 0.3) is 0 Å². The van der Waals surface area contributed by atoms with Crippen LogP contribution in [0.25, 0.3) is 0 Å². The molecule has 0 aromatic rings. The van der Waals surface area contributed by atoms with Gasteiger partial charge in [-0.3, -0.25) is 4.79 Å². The average molecular weight is 549 g/mol. The average Bonchev–Trinajstić information content (AvgIpc) is 3.09. The van der Waals surface area contributed by atoms with Crippen LogP contribution in [0.15, 0.2) is 0 Å². The number of methoxy groups -OCH3 is 1. The molecule has 4 aliphatic rings. The van der Waals surface area contributed by atoms with Gasteiger partial charge in [0.05, 0.1) is 22.4 Å². The molecule has 4 fully saturated rings. The summed E-state index contributed by atoms with van der Waals surface area (Å²) in [6.07, 6.45) is 14.4. The fraction of sp³-hybridized carbons (Fsp3) is 0.960. The molecule has 0 aromatic carbocycles. The van der Waals surface area contributed by atoms with Crippen LogP contribution in [0.1, 0.15) is 91.4 Å². The van der Waals surface area contributed by atoms with E-state index < -0.39 is 0 Å². The second kappa shape index (κ2) is 9.40. The van der Waals surface area contributed by atoms with E-state index in [1.807, 2.05) is 0 Å². The highest BCUT2D eigenvalue weighted by atomic mass is 127. The Bertz CT molecular complexity index is 630. The molecule has 4 aliphatic carbocycles. The Balaban J connectivity index is 1.54. The lowest BCUT2D eigenvalue weighted by Gasteiger charge is -2.62. The number of carbonyl (C=O) groups is 1. The SMILES string of the molecule is COC(=O)CC[C@@H](C)[C@H]1CCC2[C@@H]3C[C@H](OSI)[C@@H]4CCCC[C@]4(C)[C@H]3CC[C@@]21C. The predicted molar refractivity (Wildman–Crippen MR) is 132 cm³/mol. The van der Waals surface area contributed by atoms with Gasteiger partial charge in [0.1, 0.15) is 0 Å². The van der Waals surface area contributed by atoms with Crippen molar-refractivity contribution in [3.63, 3.8) is 0 Å². The van der Waals surface area contributed by atoms with Crippen LogP contribution >= 0.6 is 30.4 Å². The molecule has 0 spiro atoms. The smallest absolute Gasteiger partial charge is 0.305 e. The number of halogens is 1. The van der Waals surface area contributed by atoms with Crippen molar-refractivity contribution in [2.24, 2.45) is 46.3 Å². The number of hydrogen-bond acceptors (Lipinski definition) is 4. The summed E-state index contributed by atoms with van der Waals surface area (Å²) in [6, 6.07) is 0. The van der Waals surface area contributed by atoms with Crippen LogP contribution in [0.5, 0.6) is 0 Å². The largest absolute Gasteiger partial charge is 0.469 e. The molecular weight excluding hydrogens is 507 g/mol. The van der Waals surface area contributed by atoms with Crippen LogP contribution in [-0.4, -0.2) is 19.2 Å². The third kappa shape index (κ3) is 3.99. The first-order valence-electron chi connectivity index (χ1n) is 12.4. The summed E-state index contributed by atoms with van der Waals surface area (Å²) in [5.41, 5.74) is 0.921. The summed E-state index contributed by atoms with van der Waals surface area (Å²) in [5, 5.41) is 0. The zero-order valence-corrected chi connectivity index (χ0v) is 22.3. The summed E-state index contributed by atoms with van der Waals surface area (Å²) in [4.78, 5) is 11.7. The van der Waals surface area contributed by atoms with E-state index in [2.05, 4.69) is 42.0 Å². The lowest BCUT2D eigenvalue weighted by molar-refractivity contribution is -0.150. The van der Waals surface area contributed by atoms with Gasteiger partial charge in [0.2, 0.25) is 0 Å².